The van der Waals surface area contributed by atoms with Crippen LogP contribution in [0.2, 0.25) is 0 Å². The number of nitrogens with zero attached hydrogens (tertiary/aromatic N) is 1. The number of benzene rings is 1. The van der Waals surface area contributed by atoms with E-state index in [0.29, 0.717) is 0 Å². The van der Waals surface area contributed by atoms with E-state index in [1.807, 2.05) is 12.1 Å². The maximum Gasteiger partial charge on any atom is 0.0637 e. The van der Waals surface area contributed by atoms with Gasteiger partial charge in [-0.2, -0.15) is 0 Å². The highest BCUT2D eigenvalue weighted by Gasteiger charge is 2.11. The van der Waals surface area contributed by atoms with Crippen LogP contribution in [0.4, 0.5) is 5.69 Å². The molecule has 0 radical (unpaired) electrons. The molecule has 3 heteroatoms. The summed E-state index contributed by atoms with van der Waals surface area (Å²) >= 11 is 0. The van der Waals surface area contributed by atoms with Crippen LogP contribution >= 0.6 is 0 Å². The normalized spacial score (nSPS) is 12.5. The molecule has 0 aliphatic heterocycles. The number of nitrogens with two attached hydrogens (primary N) is 1. The van der Waals surface area contributed by atoms with Crippen LogP contribution in [0.3, 0.4) is 0 Å². The maximum atomic E-state index is 6.10. The van der Waals surface area contributed by atoms with Crippen molar-refractivity contribution in [1.82, 2.24) is 0 Å². The Morgan fingerprint density at radius 3 is 2.69 bits per heavy atom. The summed E-state index contributed by atoms with van der Waals surface area (Å²) in [7, 11) is 3.79. The lowest BCUT2D eigenvalue weighted by atomic mass is 10.0. The summed E-state index contributed by atoms with van der Waals surface area (Å²) in [6.45, 7) is 3.72. The van der Waals surface area contributed by atoms with Crippen molar-refractivity contribution in [1.29, 1.82) is 0 Å². The Kier molecular flexibility index (Phi) is 5.29. The quantitative estimate of drug-likeness (QED) is 0.801. The summed E-state index contributed by atoms with van der Waals surface area (Å²) in [6.07, 6.45) is 0.954. The van der Waals surface area contributed by atoms with Crippen molar-refractivity contribution in [3.8, 4) is 0 Å². The van der Waals surface area contributed by atoms with Gasteiger partial charge in [-0.15, -0.1) is 0 Å². The molecule has 0 unspecified atom stereocenters. The van der Waals surface area contributed by atoms with Gasteiger partial charge in [0.05, 0.1) is 6.61 Å². The predicted octanol–water partition coefficient (Wildman–Crippen LogP) is 2.18. The highest BCUT2D eigenvalue weighted by Crippen LogP contribution is 2.25. The highest BCUT2D eigenvalue weighted by atomic mass is 16.5. The third kappa shape index (κ3) is 3.22. The molecule has 16 heavy (non-hydrogen) atoms. The summed E-state index contributed by atoms with van der Waals surface area (Å²) in [6, 6.07) is 8.41. The van der Waals surface area contributed by atoms with Gasteiger partial charge in [-0.25, -0.2) is 0 Å². The van der Waals surface area contributed by atoms with Gasteiger partial charge in [0.2, 0.25) is 0 Å². The molecule has 0 bridgehead atoms. The van der Waals surface area contributed by atoms with E-state index >= 15 is 0 Å². The second-order valence-corrected chi connectivity index (χ2v) is 3.99. The number of hydrogen-bond donors (Lipinski definition) is 1. The van der Waals surface area contributed by atoms with E-state index in [1.165, 1.54) is 11.3 Å². The van der Waals surface area contributed by atoms with Crippen molar-refractivity contribution in [2.45, 2.75) is 19.4 Å². The van der Waals surface area contributed by atoms with Crippen molar-refractivity contribution in [3.63, 3.8) is 0 Å². The van der Waals surface area contributed by atoms with E-state index in [0.717, 1.165) is 19.6 Å². The number of hydrogen-bond acceptors (Lipinski definition) is 3. The molecule has 1 atom stereocenters. The van der Waals surface area contributed by atoms with Crippen LogP contribution in [0.5, 0.6) is 0 Å². The standard InChI is InChI=1S/C13H22N2O/c1-4-12(14)11-7-5-6-8-13(11)15(2)9-10-16-3/h5-8,12H,4,9-10,14H2,1-3H3/t12-/m0/s1. The predicted molar refractivity (Wildman–Crippen MR) is 68.8 cm³/mol. The maximum absolute atomic E-state index is 6.10. The Labute approximate surface area is 98.2 Å². The van der Waals surface area contributed by atoms with Gasteiger partial charge in [-0.1, -0.05) is 25.1 Å². The van der Waals surface area contributed by atoms with E-state index in [1.54, 1.807) is 7.11 Å². The molecule has 0 saturated carbocycles. The first-order valence-electron chi connectivity index (χ1n) is 5.75. The van der Waals surface area contributed by atoms with Gasteiger partial charge in [-0.3, -0.25) is 0 Å². The van der Waals surface area contributed by atoms with E-state index in [2.05, 4.69) is 31.0 Å². The Morgan fingerprint density at radius 1 is 1.38 bits per heavy atom. The molecule has 0 fully saturated rings. The third-order valence-corrected chi connectivity index (χ3v) is 2.82. The number of likely N-dealkylation sites (N-methyl/N-ethyl adjacent to an activating group) is 1. The lowest BCUT2D eigenvalue weighted by molar-refractivity contribution is 0.206. The fourth-order valence-corrected chi connectivity index (χ4v) is 1.72. The van der Waals surface area contributed by atoms with Crippen molar-refractivity contribution >= 4 is 5.69 Å². The largest absolute Gasteiger partial charge is 0.383 e. The number of anilines is 1. The molecule has 2 N–H and O–H groups in total. The van der Waals surface area contributed by atoms with E-state index in [9.17, 15) is 0 Å². The number of methoxy groups -OCH3 is 1. The van der Waals surface area contributed by atoms with Crippen LogP contribution in [-0.2, 0) is 4.74 Å². The fraction of sp³-hybridized carbons (Fsp3) is 0.538. The Hall–Kier alpha value is -1.06. The molecule has 0 heterocycles. The Morgan fingerprint density at radius 2 is 2.06 bits per heavy atom. The summed E-state index contributed by atoms with van der Waals surface area (Å²) in [5.41, 5.74) is 8.52. The first-order chi connectivity index (χ1) is 7.70. The van der Waals surface area contributed by atoms with Crippen LogP contribution in [0.1, 0.15) is 24.9 Å². The Bertz CT molecular complexity index is 315. The van der Waals surface area contributed by atoms with Crippen molar-refractivity contribution < 1.29 is 4.74 Å². The van der Waals surface area contributed by atoms with Crippen molar-refractivity contribution in [2.24, 2.45) is 5.73 Å². The third-order valence-electron chi connectivity index (χ3n) is 2.82. The van der Waals surface area contributed by atoms with Crippen LogP contribution < -0.4 is 10.6 Å². The highest BCUT2D eigenvalue weighted by molar-refractivity contribution is 5.54. The molecular weight excluding hydrogens is 200 g/mol. The van der Waals surface area contributed by atoms with Crippen molar-refractivity contribution in [2.75, 3.05) is 32.2 Å². The average Bonchev–Trinajstić information content (AvgIpc) is 2.35. The lowest BCUT2D eigenvalue weighted by Crippen LogP contribution is -2.24. The molecule has 1 aromatic rings. The van der Waals surface area contributed by atoms with Crippen LogP contribution in [0.15, 0.2) is 24.3 Å². The average molecular weight is 222 g/mol. The zero-order chi connectivity index (χ0) is 12.0. The number of rotatable bonds is 6. The van der Waals surface area contributed by atoms with E-state index in [-0.39, 0.29) is 6.04 Å². The van der Waals surface area contributed by atoms with Gasteiger partial charge in [0.25, 0.3) is 0 Å². The monoisotopic (exact) mass is 222 g/mol. The first kappa shape index (κ1) is 13.0. The number of ether oxygens (including phenoxy) is 1. The Balaban J connectivity index is 2.85. The van der Waals surface area contributed by atoms with Gasteiger partial charge < -0.3 is 15.4 Å². The SMILES string of the molecule is CC[C@H](N)c1ccccc1N(C)CCOC. The van der Waals surface area contributed by atoms with Crippen LogP contribution in [0, 0.1) is 0 Å². The topological polar surface area (TPSA) is 38.5 Å². The second kappa shape index (κ2) is 6.51. The lowest BCUT2D eigenvalue weighted by Gasteiger charge is -2.24. The van der Waals surface area contributed by atoms with E-state index in [4.69, 9.17) is 10.5 Å². The number of para-hydroxylation sites is 1. The van der Waals surface area contributed by atoms with Crippen LogP contribution in [0.25, 0.3) is 0 Å². The molecule has 1 rings (SSSR count). The zero-order valence-corrected chi connectivity index (χ0v) is 10.4. The molecular formula is C13H22N2O. The van der Waals surface area contributed by atoms with E-state index < -0.39 is 0 Å². The van der Waals surface area contributed by atoms with Gasteiger partial charge in [0, 0.05) is 32.4 Å². The molecule has 0 saturated heterocycles. The first-order valence-corrected chi connectivity index (χ1v) is 5.75. The zero-order valence-electron chi connectivity index (χ0n) is 10.4. The van der Waals surface area contributed by atoms with Gasteiger partial charge in [0.15, 0.2) is 0 Å². The van der Waals surface area contributed by atoms with Crippen molar-refractivity contribution in [3.05, 3.63) is 29.8 Å². The summed E-state index contributed by atoms with van der Waals surface area (Å²) in [5, 5.41) is 0. The molecule has 0 spiro atoms. The van der Waals surface area contributed by atoms with Gasteiger partial charge in [0.1, 0.15) is 0 Å². The summed E-state index contributed by atoms with van der Waals surface area (Å²) in [5.74, 6) is 0. The smallest absolute Gasteiger partial charge is 0.0637 e. The molecule has 3 nitrogen and oxygen atoms in total. The minimum atomic E-state index is 0.112. The molecule has 0 aromatic heterocycles. The van der Waals surface area contributed by atoms with Gasteiger partial charge in [-0.05, 0) is 18.1 Å². The fourth-order valence-electron chi connectivity index (χ4n) is 1.72. The van der Waals surface area contributed by atoms with Gasteiger partial charge >= 0.3 is 0 Å². The summed E-state index contributed by atoms with van der Waals surface area (Å²) in [4.78, 5) is 2.19. The molecule has 90 valence electrons. The minimum Gasteiger partial charge on any atom is -0.383 e. The summed E-state index contributed by atoms with van der Waals surface area (Å²) < 4.78 is 5.09. The molecule has 0 amide bonds. The molecule has 1 aromatic carbocycles. The molecule has 0 aliphatic rings. The second-order valence-electron chi connectivity index (χ2n) is 3.99. The van der Waals surface area contributed by atoms with Crippen LogP contribution in [-0.4, -0.2) is 27.3 Å². The minimum absolute atomic E-state index is 0.112. The molecule has 0 aliphatic carbocycles.